The van der Waals surface area contributed by atoms with Gasteiger partial charge in [0.15, 0.2) is 0 Å². The van der Waals surface area contributed by atoms with Crippen LogP contribution in [-0.2, 0) is 4.74 Å². The lowest BCUT2D eigenvalue weighted by Crippen LogP contribution is -2.39. The fourth-order valence-corrected chi connectivity index (χ4v) is 2.94. The van der Waals surface area contributed by atoms with E-state index in [1.165, 1.54) is 0 Å². The van der Waals surface area contributed by atoms with Gasteiger partial charge in [0.05, 0.1) is 24.7 Å². The van der Waals surface area contributed by atoms with Crippen molar-refractivity contribution in [3.05, 3.63) is 18.5 Å². The lowest BCUT2D eigenvalue weighted by atomic mass is 10.0. The summed E-state index contributed by atoms with van der Waals surface area (Å²) in [6.07, 6.45) is 8.01. The Labute approximate surface area is 126 Å². The van der Waals surface area contributed by atoms with Crippen LogP contribution in [0.5, 0.6) is 5.75 Å². The predicted octanol–water partition coefficient (Wildman–Crippen LogP) is 1.81. The zero-order valence-electron chi connectivity index (χ0n) is 12.5. The second-order valence-electron chi connectivity index (χ2n) is 6.07. The van der Waals surface area contributed by atoms with Crippen LogP contribution in [0.1, 0.15) is 25.7 Å². The number of nitrogens with two attached hydrogens (primary N) is 1. The van der Waals surface area contributed by atoms with Gasteiger partial charge in [0, 0.05) is 38.4 Å². The molecule has 2 saturated heterocycles. The van der Waals surface area contributed by atoms with E-state index in [9.17, 15) is 0 Å². The highest BCUT2D eigenvalue weighted by Crippen LogP contribution is 2.24. The van der Waals surface area contributed by atoms with Crippen LogP contribution >= 0.6 is 0 Å². The van der Waals surface area contributed by atoms with Crippen molar-refractivity contribution in [1.82, 2.24) is 4.98 Å². The Kier molecular flexibility index (Phi) is 4.93. The monoisotopic (exact) mass is 291 g/mol. The first-order chi connectivity index (χ1) is 10.3. The van der Waals surface area contributed by atoms with Gasteiger partial charge >= 0.3 is 0 Å². The normalized spacial score (nSPS) is 21.5. The Hall–Kier alpha value is -1.33. The van der Waals surface area contributed by atoms with Gasteiger partial charge in [-0.1, -0.05) is 0 Å². The highest BCUT2D eigenvalue weighted by molar-refractivity contribution is 5.48. The fourth-order valence-electron chi connectivity index (χ4n) is 2.94. The molecule has 0 atom stereocenters. The van der Waals surface area contributed by atoms with E-state index in [1.54, 1.807) is 6.20 Å². The highest BCUT2D eigenvalue weighted by Gasteiger charge is 2.18. The molecular weight excluding hydrogens is 266 g/mol. The SMILES string of the molecule is NC1CCN(c2cncc(OCC3CCOCC3)c2)CC1. The molecule has 3 heterocycles. The summed E-state index contributed by atoms with van der Waals surface area (Å²) in [6, 6.07) is 2.45. The van der Waals surface area contributed by atoms with Crippen LogP contribution in [-0.4, -0.2) is 43.9 Å². The topological polar surface area (TPSA) is 60.6 Å². The molecule has 0 bridgehead atoms. The molecule has 2 N–H and O–H groups in total. The minimum Gasteiger partial charge on any atom is -0.492 e. The first-order valence-electron chi connectivity index (χ1n) is 7.97. The van der Waals surface area contributed by atoms with E-state index in [0.717, 1.165) is 70.0 Å². The molecule has 0 amide bonds. The van der Waals surface area contributed by atoms with Crippen LogP contribution in [0.4, 0.5) is 5.69 Å². The van der Waals surface area contributed by atoms with Crippen LogP contribution in [0.3, 0.4) is 0 Å². The van der Waals surface area contributed by atoms with E-state index < -0.39 is 0 Å². The van der Waals surface area contributed by atoms with E-state index >= 15 is 0 Å². The molecule has 0 aromatic carbocycles. The van der Waals surface area contributed by atoms with Crippen LogP contribution in [0.2, 0.25) is 0 Å². The molecule has 2 aliphatic heterocycles. The van der Waals surface area contributed by atoms with Crippen molar-refractivity contribution in [2.75, 3.05) is 37.8 Å². The molecule has 2 fully saturated rings. The lowest BCUT2D eigenvalue weighted by Gasteiger charge is -2.31. The molecule has 0 radical (unpaired) electrons. The Bertz CT molecular complexity index is 441. The van der Waals surface area contributed by atoms with Crippen LogP contribution in [0.15, 0.2) is 18.5 Å². The van der Waals surface area contributed by atoms with Gasteiger partial charge in [0.1, 0.15) is 5.75 Å². The van der Waals surface area contributed by atoms with Gasteiger partial charge in [-0.05, 0) is 31.6 Å². The number of hydrogen-bond donors (Lipinski definition) is 1. The summed E-state index contributed by atoms with van der Waals surface area (Å²) >= 11 is 0. The van der Waals surface area contributed by atoms with Crippen molar-refractivity contribution in [2.45, 2.75) is 31.7 Å². The molecule has 0 saturated carbocycles. The third-order valence-electron chi connectivity index (χ3n) is 4.43. The fraction of sp³-hybridized carbons (Fsp3) is 0.688. The standard InChI is InChI=1S/C16H25N3O2/c17-14-1-5-19(6-2-14)15-9-16(11-18-10-15)21-12-13-3-7-20-8-4-13/h9-11,13-14H,1-8,12,17H2. The average Bonchev–Trinajstić information content (AvgIpc) is 2.55. The molecule has 21 heavy (non-hydrogen) atoms. The number of aromatic nitrogens is 1. The number of rotatable bonds is 4. The molecule has 1 aromatic rings. The van der Waals surface area contributed by atoms with Crippen LogP contribution in [0, 0.1) is 5.92 Å². The molecular formula is C16H25N3O2. The Balaban J connectivity index is 1.55. The van der Waals surface area contributed by atoms with Crippen molar-refractivity contribution >= 4 is 5.69 Å². The molecule has 5 heteroatoms. The molecule has 5 nitrogen and oxygen atoms in total. The second kappa shape index (κ2) is 7.09. The molecule has 0 spiro atoms. The summed E-state index contributed by atoms with van der Waals surface area (Å²) in [6.45, 7) is 4.50. The number of nitrogens with zero attached hydrogens (tertiary/aromatic N) is 2. The van der Waals surface area contributed by atoms with Crippen molar-refractivity contribution in [3.8, 4) is 5.75 Å². The van der Waals surface area contributed by atoms with Gasteiger partial charge in [0.2, 0.25) is 0 Å². The van der Waals surface area contributed by atoms with Crippen molar-refractivity contribution < 1.29 is 9.47 Å². The van der Waals surface area contributed by atoms with E-state index in [1.807, 2.05) is 6.20 Å². The number of hydrogen-bond acceptors (Lipinski definition) is 5. The maximum absolute atomic E-state index is 5.96. The summed E-state index contributed by atoms with van der Waals surface area (Å²) < 4.78 is 11.3. The molecule has 2 aliphatic rings. The predicted molar refractivity (Wildman–Crippen MR) is 82.7 cm³/mol. The van der Waals surface area contributed by atoms with Gasteiger partial charge in [-0.25, -0.2) is 0 Å². The minimum atomic E-state index is 0.349. The number of anilines is 1. The van der Waals surface area contributed by atoms with Crippen molar-refractivity contribution in [1.29, 1.82) is 0 Å². The molecule has 3 rings (SSSR count). The summed E-state index contributed by atoms with van der Waals surface area (Å²) in [5.41, 5.74) is 7.10. The maximum Gasteiger partial charge on any atom is 0.139 e. The van der Waals surface area contributed by atoms with Crippen LogP contribution < -0.4 is 15.4 Å². The first kappa shape index (κ1) is 14.6. The molecule has 0 aliphatic carbocycles. The van der Waals surface area contributed by atoms with Crippen molar-refractivity contribution in [2.24, 2.45) is 11.7 Å². The van der Waals surface area contributed by atoms with E-state index in [-0.39, 0.29) is 0 Å². The van der Waals surface area contributed by atoms with E-state index in [0.29, 0.717) is 12.0 Å². The van der Waals surface area contributed by atoms with E-state index in [2.05, 4.69) is 16.0 Å². The summed E-state index contributed by atoms with van der Waals surface area (Å²) in [5.74, 6) is 1.48. The number of ether oxygens (including phenoxy) is 2. The largest absolute Gasteiger partial charge is 0.492 e. The number of pyridine rings is 1. The summed E-state index contributed by atoms with van der Waals surface area (Å²) in [4.78, 5) is 6.66. The van der Waals surface area contributed by atoms with Gasteiger partial charge in [0.25, 0.3) is 0 Å². The van der Waals surface area contributed by atoms with Gasteiger partial charge in [-0.2, -0.15) is 0 Å². The Morgan fingerprint density at radius 3 is 2.71 bits per heavy atom. The smallest absolute Gasteiger partial charge is 0.139 e. The Morgan fingerprint density at radius 1 is 1.19 bits per heavy atom. The third-order valence-corrected chi connectivity index (χ3v) is 4.43. The maximum atomic E-state index is 5.96. The van der Waals surface area contributed by atoms with Gasteiger partial charge < -0.3 is 20.1 Å². The number of piperidine rings is 1. The zero-order valence-corrected chi connectivity index (χ0v) is 12.5. The highest BCUT2D eigenvalue weighted by atomic mass is 16.5. The summed E-state index contributed by atoms with van der Waals surface area (Å²) in [5, 5.41) is 0. The van der Waals surface area contributed by atoms with Gasteiger partial charge in [-0.3, -0.25) is 4.98 Å². The Morgan fingerprint density at radius 2 is 1.95 bits per heavy atom. The molecule has 116 valence electrons. The van der Waals surface area contributed by atoms with Crippen LogP contribution in [0.25, 0.3) is 0 Å². The minimum absolute atomic E-state index is 0.349. The van der Waals surface area contributed by atoms with Crippen molar-refractivity contribution in [3.63, 3.8) is 0 Å². The van der Waals surface area contributed by atoms with Gasteiger partial charge in [-0.15, -0.1) is 0 Å². The lowest BCUT2D eigenvalue weighted by molar-refractivity contribution is 0.0497. The first-order valence-corrected chi connectivity index (χ1v) is 7.97. The quantitative estimate of drug-likeness (QED) is 0.917. The molecule has 0 unspecified atom stereocenters. The average molecular weight is 291 g/mol. The van der Waals surface area contributed by atoms with E-state index in [4.69, 9.17) is 15.2 Å². The summed E-state index contributed by atoms with van der Waals surface area (Å²) in [7, 11) is 0. The zero-order chi connectivity index (χ0) is 14.5. The molecule has 1 aromatic heterocycles. The second-order valence-corrected chi connectivity index (χ2v) is 6.07. The third kappa shape index (κ3) is 4.08.